The Balaban J connectivity index is 1.99. The number of nitrogens with zero attached hydrogens (tertiary/aromatic N) is 2. The second-order valence-electron chi connectivity index (χ2n) is 6.98. The number of sulfonamides is 1. The summed E-state index contributed by atoms with van der Waals surface area (Å²) in [6, 6.07) is 4.84. The lowest BCUT2D eigenvalue weighted by atomic mass is 10.1. The number of rotatable bonds is 8. The minimum absolute atomic E-state index is 0.215. The molecule has 1 saturated heterocycles. The van der Waals surface area contributed by atoms with Gasteiger partial charge in [0.2, 0.25) is 10.0 Å². The number of benzene rings is 1. The molecule has 1 fully saturated rings. The zero-order valence-electron chi connectivity index (χ0n) is 17.3. The van der Waals surface area contributed by atoms with E-state index < -0.39 is 34.0 Å². The van der Waals surface area contributed by atoms with Gasteiger partial charge in [-0.15, -0.1) is 5.92 Å². The van der Waals surface area contributed by atoms with Crippen LogP contribution < -0.4 is 10.1 Å². The van der Waals surface area contributed by atoms with Crippen LogP contribution in [0.4, 0.5) is 0 Å². The number of ether oxygens (including phenoxy) is 1. The molecular formula is C20H27N3O6S. The number of nitrogens with one attached hydrogen (secondary N) is 1. The summed E-state index contributed by atoms with van der Waals surface area (Å²) in [6.45, 7) is 4.58. The molecule has 0 spiro atoms. The van der Waals surface area contributed by atoms with Crippen molar-refractivity contribution in [3.05, 3.63) is 29.8 Å². The van der Waals surface area contributed by atoms with Crippen LogP contribution in [0.3, 0.4) is 0 Å². The van der Waals surface area contributed by atoms with Crippen molar-refractivity contribution in [3.63, 3.8) is 0 Å². The zero-order chi connectivity index (χ0) is 22.3. The lowest BCUT2D eigenvalue weighted by molar-refractivity contribution is -0.144. The molecule has 1 aromatic rings. The Morgan fingerprint density at radius 3 is 2.30 bits per heavy atom. The summed E-state index contributed by atoms with van der Waals surface area (Å²) in [5, 5.41) is 12.4. The molecule has 2 N–H and O–H groups in total. The van der Waals surface area contributed by atoms with Gasteiger partial charge in [0, 0.05) is 31.7 Å². The quantitative estimate of drug-likeness (QED) is 0.560. The molecule has 0 aliphatic carbocycles. The number of carbonyl (C=O) groups is 2. The lowest BCUT2D eigenvalue weighted by Crippen LogP contribution is -2.59. The van der Waals surface area contributed by atoms with Gasteiger partial charge in [-0.1, -0.05) is 5.92 Å². The molecule has 1 amide bonds. The molecule has 2 atom stereocenters. The first kappa shape index (κ1) is 23.7. The Bertz CT molecular complexity index is 912. The SMILES string of the molecule is CC#CCOc1ccc(C(=O)NC(C)C(C(=O)O)N2CCN(S(C)(=O)=O)CC2)cc1. The van der Waals surface area contributed by atoms with Crippen molar-refractivity contribution in [2.24, 2.45) is 0 Å². The summed E-state index contributed by atoms with van der Waals surface area (Å²) in [7, 11) is -3.31. The van der Waals surface area contributed by atoms with E-state index in [0.717, 1.165) is 6.26 Å². The van der Waals surface area contributed by atoms with Crippen LogP contribution in [-0.4, -0.2) is 85.7 Å². The maximum Gasteiger partial charge on any atom is 0.323 e. The van der Waals surface area contributed by atoms with E-state index in [9.17, 15) is 23.1 Å². The largest absolute Gasteiger partial charge is 0.481 e. The first-order chi connectivity index (χ1) is 14.1. The number of carboxylic acid groups (broad SMARTS) is 1. The molecule has 30 heavy (non-hydrogen) atoms. The Kier molecular flexibility index (Phi) is 8.23. The van der Waals surface area contributed by atoms with Crippen molar-refractivity contribution >= 4 is 21.9 Å². The highest BCUT2D eigenvalue weighted by molar-refractivity contribution is 7.88. The van der Waals surface area contributed by atoms with Crippen molar-refractivity contribution < 1.29 is 27.9 Å². The molecule has 1 aliphatic rings. The summed E-state index contributed by atoms with van der Waals surface area (Å²) >= 11 is 0. The van der Waals surface area contributed by atoms with Crippen molar-refractivity contribution in [2.45, 2.75) is 25.9 Å². The summed E-state index contributed by atoms with van der Waals surface area (Å²) in [5.74, 6) is 4.61. The summed E-state index contributed by atoms with van der Waals surface area (Å²) in [6.07, 6.45) is 1.13. The lowest BCUT2D eigenvalue weighted by Gasteiger charge is -2.38. The molecule has 1 heterocycles. The third-order valence-corrected chi connectivity index (χ3v) is 6.13. The number of hydrogen-bond acceptors (Lipinski definition) is 6. The van der Waals surface area contributed by atoms with Gasteiger partial charge in [0.25, 0.3) is 5.91 Å². The minimum Gasteiger partial charge on any atom is -0.481 e. The zero-order valence-corrected chi connectivity index (χ0v) is 18.1. The van der Waals surface area contributed by atoms with Crippen LogP contribution in [0.15, 0.2) is 24.3 Å². The fourth-order valence-corrected chi connectivity index (χ4v) is 4.09. The molecule has 0 aromatic heterocycles. The van der Waals surface area contributed by atoms with Gasteiger partial charge in [0.1, 0.15) is 18.4 Å². The van der Waals surface area contributed by atoms with Gasteiger partial charge in [-0.25, -0.2) is 8.42 Å². The second kappa shape index (κ2) is 10.4. The normalized spacial score (nSPS) is 17.3. The van der Waals surface area contributed by atoms with Crippen LogP contribution in [0.25, 0.3) is 0 Å². The number of aliphatic carboxylic acids is 1. The van der Waals surface area contributed by atoms with Gasteiger partial charge in [-0.3, -0.25) is 14.5 Å². The van der Waals surface area contributed by atoms with Crippen LogP contribution >= 0.6 is 0 Å². The molecule has 9 nitrogen and oxygen atoms in total. The van der Waals surface area contributed by atoms with Gasteiger partial charge >= 0.3 is 5.97 Å². The molecule has 2 unspecified atom stereocenters. The fraction of sp³-hybridized carbons (Fsp3) is 0.500. The molecule has 2 rings (SSSR count). The number of amides is 1. The predicted octanol–water partition coefficient (Wildman–Crippen LogP) is 0.237. The van der Waals surface area contributed by atoms with Gasteiger partial charge in [-0.2, -0.15) is 4.31 Å². The highest BCUT2D eigenvalue weighted by Gasteiger charge is 2.35. The van der Waals surface area contributed by atoms with Crippen molar-refractivity contribution in [1.29, 1.82) is 0 Å². The molecule has 164 valence electrons. The maximum atomic E-state index is 12.5. The van der Waals surface area contributed by atoms with Gasteiger partial charge < -0.3 is 15.2 Å². The standard InChI is InChI=1S/C20H27N3O6S/c1-4-5-14-29-17-8-6-16(7-9-17)19(24)21-15(2)18(20(25)26)22-10-12-23(13-11-22)30(3,27)28/h6-9,15,18H,10-14H2,1-3H3,(H,21,24)(H,25,26). The Labute approximate surface area is 177 Å². The topological polar surface area (TPSA) is 116 Å². The van der Waals surface area contributed by atoms with Crippen LogP contribution in [0.1, 0.15) is 24.2 Å². The van der Waals surface area contributed by atoms with Gasteiger partial charge in [0.05, 0.1) is 12.3 Å². The first-order valence-electron chi connectivity index (χ1n) is 9.48. The predicted molar refractivity (Wildman–Crippen MR) is 112 cm³/mol. The van der Waals surface area contributed by atoms with E-state index in [2.05, 4.69) is 17.2 Å². The number of carboxylic acids is 1. The average Bonchev–Trinajstić information content (AvgIpc) is 2.68. The summed E-state index contributed by atoms with van der Waals surface area (Å²) < 4.78 is 30.0. The highest BCUT2D eigenvalue weighted by atomic mass is 32.2. The van der Waals surface area contributed by atoms with Crippen molar-refractivity contribution in [3.8, 4) is 17.6 Å². The van der Waals surface area contributed by atoms with E-state index in [4.69, 9.17) is 4.74 Å². The molecular weight excluding hydrogens is 410 g/mol. The van der Waals surface area contributed by atoms with E-state index in [1.165, 1.54) is 4.31 Å². The first-order valence-corrected chi connectivity index (χ1v) is 11.3. The number of hydrogen-bond donors (Lipinski definition) is 2. The van der Waals surface area contributed by atoms with Crippen LogP contribution in [-0.2, 0) is 14.8 Å². The van der Waals surface area contributed by atoms with Crippen LogP contribution in [0.5, 0.6) is 5.75 Å². The van der Waals surface area contributed by atoms with E-state index in [0.29, 0.717) is 11.3 Å². The smallest absolute Gasteiger partial charge is 0.323 e. The van der Waals surface area contributed by atoms with Crippen LogP contribution in [0, 0.1) is 11.8 Å². The third kappa shape index (κ3) is 6.45. The summed E-state index contributed by atoms with van der Waals surface area (Å²) in [5.41, 5.74) is 0.377. The van der Waals surface area contributed by atoms with Crippen molar-refractivity contribution in [2.75, 3.05) is 39.0 Å². The molecule has 0 bridgehead atoms. The van der Waals surface area contributed by atoms with Crippen molar-refractivity contribution in [1.82, 2.24) is 14.5 Å². The van der Waals surface area contributed by atoms with E-state index in [-0.39, 0.29) is 32.8 Å². The third-order valence-electron chi connectivity index (χ3n) is 4.83. The molecule has 0 saturated carbocycles. The Morgan fingerprint density at radius 1 is 1.20 bits per heavy atom. The summed E-state index contributed by atoms with van der Waals surface area (Å²) in [4.78, 5) is 26.1. The Morgan fingerprint density at radius 2 is 1.80 bits per heavy atom. The minimum atomic E-state index is -3.31. The number of carbonyl (C=O) groups excluding carboxylic acids is 1. The van der Waals surface area contributed by atoms with E-state index >= 15 is 0 Å². The van der Waals surface area contributed by atoms with Crippen LogP contribution in [0.2, 0.25) is 0 Å². The van der Waals surface area contributed by atoms with E-state index in [1.807, 2.05) is 0 Å². The van der Waals surface area contributed by atoms with Gasteiger partial charge in [-0.05, 0) is 38.1 Å². The highest BCUT2D eigenvalue weighted by Crippen LogP contribution is 2.15. The molecule has 1 aliphatic heterocycles. The average molecular weight is 438 g/mol. The molecule has 1 aromatic carbocycles. The van der Waals surface area contributed by atoms with Gasteiger partial charge in [0.15, 0.2) is 0 Å². The fourth-order valence-electron chi connectivity index (χ4n) is 3.26. The maximum absolute atomic E-state index is 12.5. The molecule has 0 radical (unpaired) electrons. The Hall–Kier alpha value is -2.61. The second-order valence-corrected chi connectivity index (χ2v) is 8.97. The monoisotopic (exact) mass is 437 g/mol. The van der Waals surface area contributed by atoms with E-state index in [1.54, 1.807) is 43.0 Å². The number of piperazine rings is 1. The molecule has 10 heteroatoms.